The van der Waals surface area contributed by atoms with Crippen molar-refractivity contribution in [2.45, 2.75) is 38.1 Å². The number of hydrogen-bond donors (Lipinski definition) is 2. The van der Waals surface area contributed by atoms with Gasteiger partial charge in [0.2, 0.25) is 0 Å². The molecule has 0 radical (unpaired) electrons. The zero-order valence-electron chi connectivity index (χ0n) is 10.5. The molecule has 0 aliphatic rings. The zero-order chi connectivity index (χ0) is 14.8. The highest BCUT2D eigenvalue weighted by atomic mass is 35.5. The summed E-state index contributed by atoms with van der Waals surface area (Å²) >= 11 is 5.44. The van der Waals surface area contributed by atoms with E-state index in [0.717, 1.165) is 0 Å². The van der Waals surface area contributed by atoms with Gasteiger partial charge in [0.1, 0.15) is 5.82 Å². The molecule has 0 fully saturated rings. The molecule has 2 atom stereocenters. The van der Waals surface area contributed by atoms with Crippen molar-refractivity contribution in [2.75, 3.05) is 0 Å². The van der Waals surface area contributed by atoms with Crippen LogP contribution in [0, 0.1) is 5.82 Å². The Morgan fingerprint density at radius 2 is 1.90 bits per heavy atom. The van der Waals surface area contributed by atoms with Crippen molar-refractivity contribution >= 4 is 24.0 Å². The number of hydrogen-bond acceptors (Lipinski definition) is 2. The standard InChI is InChI=1S/C12H14ClF4NO.ClH/c1-2-3-9(19)11(18)7-4-6(12(15,16)17)5-8(13)10(7)14;/h4-5,9,11,19H,2-3,18H2,1H3;1H/t9-,11+;/m1./s1. The second-order valence-corrected chi connectivity index (χ2v) is 4.65. The van der Waals surface area contributed by atoms with Gasteiger partial charge in [-0.05, 0) is 18.6 Å². The van der Waals surface area contributed by atoms with E-state index in [9.17, 15) is 22.7 Å². The van der Waals surface area contributed by atoms with E-state index in [-0.39, 0.29) is 18.8 Å². The monoisotopic (exact) mass is 335 g/mol. The van der Waals surface area contributed by atoms with E-state index >= 15 is 0 Å². The number of benzene rings is 1. The van der Waals surface area contributed by atoms with Crippen molar-refractivity contribution in [3.05, 3.63) is 34.1 Å². The van der Waals surface area contributed by atoms with Crippen LogP contribution >= 0.6 is 24.0 Å². The number of rotatable bonds is 4. The van der Waals surface area contributed by atoms with Crippen LogP contribution in [0.4, 0.5) is 17.6 Å². The van der Waals surface area contributed by atoms with Gasteiger partial charge in [-0.15, -0.1) is 12.4 Å². The molecule has 3 N–H and O–H groups in total. The lowest BCUT2D eigenvalue weighted by atomic mass is 9.97. The highest BCUT2D eigenvalue weighted by molar-refractivity contribution is 6.30. The Kier molecular flexibility index (Phi) is 7.24. The van der Waals surface area contributed by atoms with E-state index in [1.165, 1.54) is 0 Å². The van der Waals surface area contributed by atoms with Crippen molar-refractivity contribution < 1.29 is 22.7 Å². The molecule has 1 rings (SSSR count). The van der Waals surface area contributed by atoms with Gasteiger partial charge >= 0.3 is 6.18 Å². The molecule has 0 spiro atoms. The van der Waals surface area contributed by atoms with Crippen LogP contribution < -0.4 is 5.73 Å². The van der Waals surface area contributed by atoms with Gasteiger partial charge < -0.3 is 10.8 Å². The predicted octanol–water partition coefficient (Wildman–Crippen LogP) is 4.08. The third kappa shape index (κ3) is 4.48. The number of aliphatic hydroxyl groups excluding tert-OH is 1. The number of aliphatic hydroxyl groups is 1. The molecule has 116 valence electrons. The van der Waals surface area contributed by atoms with E-state index in [1.54, 1.807) is 6.92 Å². The van der Waals surface area contributed by atoms with Gasteiger partial charge in [0, 0.05) is 5.56 Å². The summed E-state index contributed by atoms with van der Waals surface area (Å²) in [5.41, 5.74) is 4.07. The molecule has 0 amide bonds. The second-order valence-electron chi connectivity index (χ2n) is 4.24. The van der Waals surface area contributed by atoms with E-state index in [4.69, 9.17) is 17.3 Å². The quantitative estimate of drug-likeness (QED) is 0.814. The largest absolute Gasteiger partial charge is 0.416 e. The number of alkyl halides is 3. The SMILES string of the molecule is CCC[C@@H](O)[C@@H](N)c1cc(C(F)(F)F)cc(Cl)c1F.Cl. The molecule has 20 heavy (non-hydrogen) atoms. The highest BCUT2D eigenvalue weighted by Crippen LogP contribution is 2.35. The van der Waals surface area contributed by atoms with Crippen LogP contribution in [-0.4, -0.2) is 11.2 Å². The van der Waals surface area contributed by atoms with Gasteiger partial charge in [0.05, 0.1) is 22.7 Å². The van der Waals surface area contributed by atoms with Gasteiger partial charge in [-0.3, -0.25) is 0 Å². The molecular weight excluding hydrogens is 321 g/mol. The van der Waals surface area contributed by atoms with E-state index in [2.05, 4.69) is 0 Å². The third-order valence-electron chi connectivity index (χ3n) is 2.74. The predicted molar refractivity (Wildman–Crippen MR) is 71.5 cm³/mol. The van der Waals surface area contributed by atoms with Crippen LogP contribution in [0.25, 0.3) is 0 Å². The van der Waals surface area contributed by atoms with Gasteiger partial charge in [0.15, 0.2) is 0 Å². The van der Waals surface area contributed by atoms with Crippen molar-refractivity contribution in [2.24, 2.45) is 5.73 Å². The Morgan fingerprint density at radius 1 is 1.35 bits per heavy atom. The molecule has 8 heteroatoms. The fourth-order valence-corrected chi connectivity index (χ4v) is 1.93. The summed E-state index contributed by atoms with van der Waals surface area (Å²) in [6, 6.07) is -0.163. The van der Waals surface area contributed by atoms with E-state index < -0.39 is 40.3 Å². The molecule has 0 bridgehead atoms. The molecule has 0 saturated heterocycles. The fourth-order valence-electron chi connectivity index (χ4n) is 1.70. The summed E-state index contributed by atoms with van der Waals surface area (Å²) in [5.74, 6) is -1.03. The first-order chi connectivity index (χ1) is 8.68. The molecule has 0 heterocycles. The third-order valence-corrected chi connectivity index (χ3v) is 3.02. The summed E-state index contributed by atoms with van der Waals surface area (Å²) in [4.78, 5) is 0. The minimum Gasteiger partial charge on any atom is -0.391 e. The molecule has 0 aromatic heterocycles. The van der Waals surface area contributed by atoms with Gasteiger partial charge in [-0.1, -0.05) is 24.9 Å². The lowest BCUT2D eigenvalue weighted by Gasteiger charge is -2.21. The average molecular weight is 336 g/mol. The van der Waals surface area contributed by atoms with Crippen molar-refractivity contribution in [3.8, 4) is 0 Å². The molecule has 0 aliphatic heterocycles. The molecular formula is C12H15Cl2F4NO. The smallest absolute Gasteiger partial charge is 0.391 e. The van der Waals surface area contributed by atoms with E-state index in [1.807, 2.05) is 0 Å². The summed E-state index contributed by atoms with van der Waals surface area (Å²) in [5, 5.41) is 9.00. The van der Waals surface area contributed by atoms with Crippen LogP contribution in [0.5, 0.6) is 0 Å². The minimum atomic E-state index is -4.65. The highest BCUT2D eigenvalue weighted by Gasteiger charge is 2.33. The minimum absolute atomic E-state index is 0. The number of halogens is 6. The zero-order valence-corrected chi connectivity index (χ0v) is 12.1. The van der Waals surface area contributed by atoms with Gasteiger partial charge in [-0.25, -0.2) is 4.39 Å². The average Bonchev–Trinajstić information content (AvgIpc) is 2.30. The Balaban J connectivity index is 0.00000361. The molecule has 2 nitrogen and oxygen atoms in total. The first-order valence-corrected chi connectivity index (χ1v) is 6.06. The first kappa shape index (κ1) is 19.4. The lowest BCUT2D eigenvalue weighted by Crippen LogP contribution is -2.27. The normalized spacial score (nSPS) is 14.6. The van der Waals surface area contributed by atoms with Crippen molar-refractivity contribution in [1.82, 2.24) is 0 Å². The maximum Gasteiger partial charge on any atom is 0.416 e. The van der Waals surface area contributed by atoms with Gasteiger partial charge in [-0.2, -0.15) is 13.2 Å². The molecule has 0 saturated carbocycles. The molecule has 0 aliphatic carbocycles. The maximum absolute atomic E-state index is 13.7. The summed E-state index contributed by atoms with van der Waals surface area (Å²) in [6.45, 7) is 1.77. The first-order valence-electron chi connectivity index (χ1n) is 5.68. The lowest BCUT2D eigenvalue weighted by molar-refractivity contribution is -0.137. The van der Waals surface area contributed by atoms with Crippen LogP contribution in [0.15, 0.2) is 12.1 Å². The summed E-state index contributed by atoms with van der Waals surface area (Å²) < 4.78 is 51.6. The number of nitrogens with two attached hydrogens (primary N) is 1. The van der Waals surface area contributed by atoms with Crippen LogP contribution in [0.3, 0.4) is 0 Å². The van der Waals surface area contributed by atoms with Gasteiger partial charge in [0.25, 0.3) is 0 Å². The molecule has 1 aromatic carbocycles. The Labute approximate surface area is 125 Å². The molecule has 0 unspecified atom stereocenters. The Hall–Kier alpha value is -0.560. The van der Waals surface area contributed by atoms with Crippen LogP contribution in [0.2, 0.25) is 5.02 Å². The van der Waals surface area contributed by atoms with Crippen LogP contribution in [-0.2, 0) is 6.18 Å². The Bertz CT molecular complexity index is 454. The Morgan fingerprint density at radius 3 is 2.35 bits per heavy atom. The van der Waals surface area contributed by atoms with Crippen molar-refractivity contribution in [3.63, 3.8) is 0 Å². The maximum atomic E-state index is 13.7. The van der Waals surface area contributed by atoms with Crippen LogP contribution in [0.1, 0.15) is 36.9 Å². The van der Waals surface area contributed by atoms with Crippen molar-refractivity contribution in [1.29, 1.82) is 0 Å². The topological polar surface area (TPSA) is 46.2 Å². The second kappa shape index (κ2) is 7.45. The van der Waals surface area contributed by atoms with E-state index in [0.29, 0.717) is 18.6 Å². The molecule has 1 aromatic rings. The summed E-state index contributed by atoms with van der Waals surface area (Å²) in [6.07, 6.45) is -4.95. The summed E-state index contributed by atoms with van der Waals surface area (Å²) in [7, 11) is 0. The fraction of sp³-hybridized carbons (Fsp3) is 0.500.